The van der Waals surface area contributed by atoms with Gasteiger partial charge < -0.3 is 5.32 Å². The summed E-state index contributed by atoms with van der Waals surface area (Å²) in [7, 11) is -3.24. The molecule has 2 rings (SSSR count). The van der Waals surface area contributed by atoms with Crippen molar-refractivity contribution in [1.29, 1.82) is 0 Å². The molecule has 0 aliphatic carbocycles. The standard InChI is InChI=1S/C11H18N4O3S3/c1-3-19-11-14-13-10(20-11)12-9(16)8-5-4-6-15(7-8)21(2,17)18/h8H,3-7H2,1-2H3,(H,12,13,16)/t8-/m1/s1. The van der Waals surface area contributed by atoms with E-state index in [4.69, 9.17) is 0 Å². The second kappa shape index (κ2) is 7.03. The molecule has 0 radical (unpaired) electrons. The molecule has 0 saturated carbocycles. The number of amides is 1. The summed E-state index contributed by atoms with van der Waals surface area (Å²) in [6.45, 7) is 2.74. The average Bonchev–Trinajstić information content (AvgIpc) is 2.86. The van der Waals surface area contributed by atoms with Crippen LogP contribution >= 0.6 is 23.1 Å². The van der Waals surface area contributed by atoms with Crippen molar-refractivity contribution in [2.45, 2.75) is 24.1 Å². The predicted octanol–water partition coefficient (Wildman–Crippen LogP) is 1.26. The van der Waals surface area contributed by atoms with Crippen molar-refractivity contribution in [3.63, 3.8) is 0 Å². The van der Waals surface area contributed by atoms with Crippen molar-refractivity contribution < 1.29 is 13.2 Å². The lowest BCUT2D eigenvalue weighted by Gasteiger charge is -2.29. The fourth-order valence-corrected chi connectivity index (χ4v) is 4.67. The van der Waals surface area contributed by atoms with Crippen molar-refractivity contribution in [3.8, 4) is 0 Å². The van der Waals surface area contributed by atoms with E-state index >= 15 is 0 Å². The predicted molar refractivity (Wildman–Crippen MR) is 84.1 cm³/mol. The molecule has 1 fully saturated rings. The van der Waals surface area contributed by atoms with Gasteiger partial charge >= 0.3 is 0 Å². The normalized spacial score (nSPS) is 20.4. The van der Waals surface area contributed by atoms with E-state index in [0.717, 1.165) is 10.1 Å². The van der Waals surface area contributed by atoms with Gasteiger partial charge in [-0.15, -0.1) is 10.2 Å². The first kappa shape index (κ1) is 16.7. The maximum absolute atomic E-state index is 12.2. The maximum atomic E-state index is 12.2. The molecule has 2 heterocycles. The first-order valence-corrected chi connectivity index (χ1v) is 10.3. The lowest BCUT2D eigenvalue weighted by Crippen LogP contribution is -2.43. The van der Waals surface area contributed by atoms with E-state index < -0.39 is 10.0 Å². The summed E-state index contributed by atoms with van der Waals surface area (Å²) in [5.74, 6) is 0.376. The minimum Gasteiger partial charge on any atom is -0.300 e. The smallest absolute Gasteiger partial charge is 0.230 e. The minimum absolute atomic E-state index is 0.187. The second-order valence-electron chi connectivity index (χ2n) is 4.76. The van der Waals surface area contributed by atoms with Gasteiger partial charge in [0, 0.05) is 13.1 Å². The molecular formula is C11H18N4O3S3. The summed E-state index contributed by atoms with van der Waals surface area (Å²) >= 11 is 2.90. The number of piperidine rings is 1. The Hall–Kier alpha value is -0.710. The summed E-state index contributed by atoms with van der Waals surface area (Å²) in [5.41, 5.74) is 0. The highest BCUT2D eigenvalue weighted by molar-refractivity contribution is 8.01. The van der Waals surface area contributed by atoms with Crippen LogP contribution in [0.4, 0.5) is 5.13 Å². The number of nitrogens with zero attached hydrogens (tertiary/aromatic N) is 3. The second-order valence-corrected chi connectivity index (χ2v) is 9.23. The van der Waals surface area contributed by atoms with Gasteiger partial charge in [0.1, 0.15) is 0 Å². The SMILES string of the molecule is CCSc1nnc(NC(=O)[C@@H]2CCCN(S(C)(=O)=O)C2)s1. The van der Waals surface area contributed by atoms with Crippen LogP contribution in [-0.4, -0.2) is 53.9 Å². The Balaban J connectivity index is 1.96. The first-order valence-electron chi connectivity index (χ1n) is 6.62. The van der Waals surface area contributed by atoms with Crippen LogP contribution in [0.25, 0.3) is 0 Å². The Bertz CT molecular complexity index is 602. The number of nitrogens with one attached hydrogen (secondary N) is 1. The highest BCUT2D eigenvalue weighted by atomic mass is 32.2. The number of rotatable bonds is 5. The molecule has 0 spiro atoms. The summed E-state index contributed by atoms with van der Waals surface area (Å²) in [4.78, 5) is 12.2. The number of thioether (sulfide) groups is 1. The highest BCUT2D eigenvalue weighted by Crippen LogP contribution is 2.26. The molecule has 1 aliphatic rings. The van der Waals surface area contributed by atoms with Gasteiger partial charge in [-0.2, -0.15) is 0 Å². The maximum Gasteiger partial charge on any atom is 0.230 e. The number of carbonyl (C=O) groups excluding carboxylic acids is 1. The molecule has 10 heteroatoms. The minimum atomic E-state index is -3.24. The van der Waals surface area contributed by atoms with Crippen LogP contribution in [0.5, 0.6) is 0 Å². The first-order chi connectivity index (χ1) is 9.90. The molecule has 7 nitrogen and oxygen atoms in total. The van der Waals surface area contributed by atoms with Crippen LogP contribution in [0, 0.1) is 5.92 Å². The molecule has 1 atom stereocenters. The van der Waals surface area contributed by atoms with Crippen LogP contribution in [0.15, 0.2) is 4.34 Å². The van der Waals surface area contributed by atoms with Crippen molar-refractivity contribution in [2.75, 3.05) is 30.4 Å². The van der Waals surface area contributed by atoms with Gasteiger partial charge in [0.15, 0.2) is 4.34 Å². The summed E-state index contributed by atoms with van der Waals surface area (Å²) in [6.07, 6.45) is 2.55. The van der Waals surface area contributed by atoms with Gasteiger partial charge in [0.25, 0.3) is 0 Å². The number of carbonyl (C=O) groups is 1. The topological polar surface area (TPSA) is 92.3 Å². The van der Waals surface area contributed by atoms with E-state index in [-0.39, 0.29) is 18.4 Å². The number of hydrogen-bond acceptors (Lipinski definition) is 7. The molecule has 1 aromatic rings. The number of aromatic nitrogens is 2. The molecule has 1 amide bonds. The van der Waals surface area contributed by atoms with E-state index in [1.807, 2.05) is 6.92 Å². The van der Waals surface area contributed by atoms with Crippen LogP contribution in [0.1, 0.15) is 19.8 Å². The van der Waals surface area contributed by atoms with Crippen molar-refractivity contribution >= 4 is 44.2 Å². The van der Waals surface area contributed by atoms with E-state index in [1.54, 1.807) is 11.8 Å². The van der Waals surface area contributed by atoms with Crippen molar-refractivity contribution in [1.82, 2.24) is 14.5 Å². The Morgan fingerprint density at radius 3 is 2.95 bits per heavy atom. The van der Waals surface area contributed by atoms with Crippen LogP contribution in [0.2, 0.25) is 0 Å². The number of sulfonamides is 1. The van der Waals surface area contributed by atoms with Gasteiger partial charge in [-0.05, 0) is 18.6 Å². The lowest BCUT2D eigenvalue weighted by atomic mass is 9.99. The largest absolute Gasteiger partial charge is 0.300 e. The van der Waals surface area contributed by atoms with Gasteiger partial charge in [-0.3, -0.25) is 4.79 Å². The Morgan fingerprint density at radius 2 is 2.29 bits per heavy atom. The molecule has 118 valence electrons. The molecule has 21 heavy (non-hydrogen) atoms. The van der Waals surface area contributed by atoms with Crippen LogP contribution in [-0.2, 0) is 14.8 Å². The summed E-state index contributed by atoms with van der Waals surface area (Å²) < 4.78 is 25.3. The van der Waals surface area contributed by atoms with Crippen molar-refractivity contribution in [3.05, 3.63) is 0 Å². The van der Waals surface area contributed by atoms with Crippen LogP contribution < -0.4 is 5.32 Å². The van der Waals surface area contributed by atoms with Gasteiger partial charge in [-0.1, -0.05) is 30.0 Å². The fraction of sp³-hybridized carbons (Fsp3) is 0.727. The third-order valence-corrected chi connectivity index (χ3v) is 6.25. The molecular weight excluding hydrogens is 332 g/mol. The Morgan fingerprint density at radius 1 is 1.52 bits per heavy atom. The van der Waals surface area contributed by atoms with E-state index in [2.05, 4.69) is 15.5 Å². The third-order valence-electron chi connectivity index (χ3n) is 3.13. The summed E-state index contributed by atoms with van der Waals surface area (Å²) in [6, 6.07) is 0. The molecule has 1 aliphatic heterocycles. The number of hydrogen-bond donors (Lipinski definition) is 1. The quantitative estimate of drug-likeness (QED) is 0.635. The van der Waals surface area contributed by atoms with E-state index in [0.29, 0.717) is 24.5 Å². The Labute approximate surface area is 132 Å². The summed E-state index contributed by atoms with van der Waals surface area (Å²) in [5, 5.41) is 11.1. The van der Waals surface area contributed by atoms with Gasteiger partial charge in [-0.25, -0.2) is 12.7 Å². The average molecular weight is 350 g/mol. The molecule has 0 aromatic carbocycles. The lowest BCUT2D eigenvalue weighted by molar-refractivity contribution is -0.120. The molecule has 0 bridgehead atoms. The van der Waals surface area contributed by atoms with Gasteiger partial charge in [0.2, 0.25) is 21.1 Å². The molecule has 1 aromatic heterocycles. The molecule has 0 unspecified atom stereocenters. The van der Waals surface area contributed by atoms with Crippen molar-refractivity contribution in [2.24, 2.45) is 5.92 Å². The molecule has 1 saturated heterocycles. The zero-order valence-corrected chi connectivity index (χ0v) is 14.4. The molecule has 1 N–H and O–H groups in total. The number of anilines is 1. The fourth-order valence-electron chi connectivity index (χ4n) is 2.11. The van der Waals surface area contributed by atoms with E-state index in [1.165, 1.54) is 21.9 Å². The third kappa shape index (κ3) is 4.63. The van der Waals surface area contributed by atoms with Gasteiger partial charge in [0.05, 0.1) is 12.2 Å². The zero-order chi connectivity index (χ0) is 15.5. The van der Waals surface area contributed by atoms with Crippen LogP contribution in [0.3, 0.4) is 0 Å². The monoisotopic (exact) mass is 350 g/mol. The zero-order valence-electron chi connectivity index (χ0n) is 11.9. The Kier molecular flexibility index (Phi) is 5.58. The highest BCUT2D eigenvalue weighted by Gasteiger charge is 2.30. The van der Waals surface area contributed by atoms with E-state index in [9.17, 15) is 13.2 Å².